The third kappa shape index (κ3) is 9.65. The summed E-state index contributed by atoms with van der Waals surface area (Å²) in [7, 11) is 0. The molecular weight excluding hydrogens is 380 g/mol. The highest BCUT2D eigenvalue weighted by Gasteiger charge is 2.34. The summed E-state index contributed by atoms with van der Waals surface area (Å²) in [6.07, 6.45) is 1.03. The minimum Gasteiger partial charge on any atom is -0.381 e. The van der Waals surface area contributed by atoms with Gasteiger partial charge in [0, 0.05) is 37.8 Å². The molecule has 0 saturated carbocycles. The lowest BCUT2D eigenvalue weighted by molar-refractivity contribution is -0.199. The summed E-state index contributed by atoms with van der Waals surface area (Å²) in [4.78, 5) is 62.7. The summed E-state index contributed by atoms with van der Waals surface area (Å²) in [5.41, 5.74) is -1.05. The van der Waals surface area contributed by atoms with E-state index in [-0.39, 0.29) is 50.4 Å². The predicted molar refractivity (Wildman–Crippen MR) is 103 cm³/mol. The normalized spacial score (nSPS) is 14.9. The van der Waals surface area contributed by atoms with Crippen LogP contribution in [-0.2, 0) is 33.5 Å². The number of carbonyl (C=O) groups is 5. The smallest absolute Gasteiger partial charge is 0.333 e. The first kappa shape index (κ1) is 24.7. The fourth-order valence-electron chi connectivity index (χ4n) is 2.70. The van der Waals surface area contributed by atoms with Gasteiger partial charge in [-0.1, -0.05) is 13.8 Å². The Labute approximate surface area is 171 Å². The van der Waals surface area contributed by atoms with E-state index in [0.717, 1.165) is 0 Å². The van der Waals surface area contributed by atoms with Gasteiger partial charge in [-0.15, -0.1) is 5.06 Å². The molecule has 0 unspecified atom stereocenters. The molecule has 1 saturated heterocycles. The number of hydrogen-bond donors (Lipinski definition) is 1. The standard InChI is InChI=1S/C20H32N2O7/c1-14(23)6-7-15(24)21-20(4,5)10-11-28-13-19(2,3)12-18(27)29-22-16(25)8-9-17(22)26/h6-13H2,1-5H3,(H,21,24). The maximum atomic E-state index is 12.0. The summed E-state index contributed by atoms with van der Waals surface area (Å²) < 4.78 is 5.67. The van der Waals surface area contributed by atoms with Crippen LogP contribution in [0.5, 0.6) is 0 Å². The minimum atomic E-state index is -0.666. The third-order valence-corrected chi connectivity index (χ3v) is 4.37. The molecule has 0 aromatic rings. The van der Waals surface area contributed by atoms with Gasteiger partial charge in [0.15, 0.2) is 0 Å². The van der Waals surface area contributed by atoms with Crippen LogP contribution in [-0.4, -0.2) is 53.3 Å². The monoisotopic (exact) mass is 412 g/mol. The van der Waals surface area contributed by atoms with E-state index in [1.807, 2.05) is 27.7 Å². The van der Waals surface area contributed by atoms with Crippen LogP contribution in [0.1, 0.15) is 73.1 Å². The first-order valence-corrected chi connectivity index (χ1v) is 9.76. The molecule has 0 spiro atoms. The Kier molecular flexibility index (Phi) is 8.94. The number of hydroxylamine groups is 2. The predicted octanol–water partition coefficient (Wildman–Crippen LogP) is 1.68. The highest BCUT2D eigenvalue weighted by molar-refractivity contribution is 6.01. The van der Waals surface area contributed by atoms with Gasteiger partial charge in [0.25, 0.3) is 11.8 Å². The topological polar surface area (TPSA) is 119 Å². The van der Waals surface area contributed by atoms with Crippen LogP contribution < -0.4 is 5.32 Å². The van der Waals surface area contributed by atoms with Crippen LogP contribution >= 0.6 is 0 Å². The number of ketones is 1. The Balaban J connectivity index is 2.33. The summed E-state index contributed by atoms with van der Waals surface area (Å²) in [5, 5.41) is 3.41. The number of rotatable bonds is 12. The van der Waals surface area contributed by atoms with Crippen molar-refractivity contribution in [2.24, 2.45) is 5.41 Å². The van der Waals surface area contributed by atoms with Crippen molar-refractivity contribution in [2.75, 3.05) is 13.2 Å². The van der Waals surface area contributed by atoms with Gasteiger partial charge in [-0.3, -0.25) is 14.4 Å². The van der Waals surface area contributed by atoms with Crippen molar-refractivity contribution in [3.05, 3.63) is 0 Å². The summed E-state index contributed by atoms with van der Waals surface area (Å²) >= 11 is 0. The van der Waals surface area contributed by atoms with Crippen LogP contribution in [0.3, 0.4) is 0 Å². The molecule has 0 aromatic heterocycles. The van der Waals surface area contributed by atoms with E-state index in [1.54, 1.807) is 0 Å². The summed E-state index contributed by atoms with van der Waals surface area (Å²) in [6.45, 7) is 9.45. The van der Waals surface area contributed by atoms with Crippen molar-refractivity contribution in [2.45, 2.75) is 78.7 Å². The molecule has 1 fully saturated rings. The fraction of sp³-hybridized carbons (Fsp3) is 0.750. The SMILES string of the molecule is CC(=O)CCC(=O)NC(C)(C)CCOCC(C)(C)CC(=O)ON1C(=O)CCC1=O. The average Bonchev–Trinajstić information content (AvgIpc) is 2.88. The van der Waals surface area contributed by atoms with Crippen molar-refractivity contribution in [1.82, 2.24) is 10.4 Å². The van der Waals surface area contributed by atoms with E-state index in [9.17, 15) is 24.0 Å². The quantitative estimate of drug-likeness (QED) is 0.382. The fourth-order valence-corrected chi connectivity index (χ4v) is 2.70. The summed E-state index contributed by atoms with van der Waals surface area (Å²) in [6, 6.07) is 0. The molecule has 0 aliphatic carbocycles. The van der Waals surface area contributed by atoms with Crippen LogP contribution in [0, 0.1) is 5.41 Å². The van der Waals surface area contributed by atoms with E-state index >= 15 is 0 Å². The molecule has 9 heteroatoms. The molecule has 1 heterocycles. The Hall–Kier alpha value is -2.29. The highest BCUT2D eigenvalue weighted by Crippen LogP contribution is 2.23. The van der Waals surface area contributed by atoms with Gasteiger partial charge in [0.05, 0.1) is 13.0 Å². The van der Waals surface area contributed by atoms with Gasteiger partial charge >= 0.3 is 5.97 Å². The molecule has 0 aromatic carbocycles. The first-order valence-electron chi connectivity index (χ1n) is 9.76. The Bertz CT molecular complexity index is 639. The lowest BCUT2D eigenvalue weighted by Crippen LogP contribution is -2.44. The number of hydrogen-bond acceptors (Lipinski definition) is 7. The Morgan fingerprint density at radius 3 is 2.17 bits per heavy atom. The second-order valence-corrected chi connectivity index (χ2v) is 8.82. The molecule has 1 aliphatic rings. The third-order valence-electron chi connectivity index (χ3n) is 4.37. The van der Waals surface area contributed by atoms with Gasteiger partial charge in [0.1, 0.15) is 5.78 Å². The highest BCUT2D eigenvalue weighted by atomic mass is 16.7. The Morgan fingerprint density at radius 2 is 1.62 bits per heavy atom. The largest absolute Gasteiger partial charge is 0.381 e. The van der Waals surface area contributed by atoms with E-state index in [0.29, 0.717) is 18.1 Å². The molecule has 1 aliphatic heterocycles. The van der Waals surface area contributed by atoms with Crippen molar-refractivity contribution < 1.29 is 33.5 Å². The zero-order valence-electron chi connectivity index (χ0n) is 18.0. The number of ether oxygens (including phenoxy) is 1. The number of carbonyl (C=O) groups excluding carboxylic acids is 5. The van der Waals surface area contributed by atoms with Crippen LogP contribution in [0.15, 0.2) is 0 Å². The van der Waals surface area contributed by atoms with Crippen molar-refractivity contribution in [3.8, 4) is 0 Å². The number of amides is 3. The number of nitrogens with one attached hydrogen (secondary N) is 1. The molecule has 1 N–H and O–H groups in total. The molecule has 164 valence electrons. The van der Waals surface area contributed by atoms with E-state index in [4.69, 9.17) is 9.57 Å². The van der Waals surface area contributed by atoms with Crippen LogP contribution in [0.25, 0.3) is 0 Å². The number of Topliss-reactive ketones (excluding diaryl/α,β-unsaturated/α-hetero) is 1. The van der Waals surface area contributed by atoms with Gasteiger partial charge in [-0.2, -0.15) is 0 Å². The maximum Gasteiger partial charge on any atom is 0.333 e. The van der Waals surface area contributed by atoms with Crippen molar-refractivity contribution in [3.63, 3.8) is 0 Å². The van der Waals surface area contributed by atoms with Crippen LogP contribution in [0.4, 0.5) is 0 Å². The van der Waals surface area contributed by atoms with Crippen LogP contribution in [0.2, 0.25) is 0 Å². The maximum absolute atomic E-state index is 12.0. The zero-order chi connectivity index (χ0) is 22.2. The molecule has 3 amide bonds. The lowest BCUT2D eigenvalue weighted by atomic mass is 9.90. The second kappa shape index (κ2) is 10.5. The zero-order valence-corrected chi connectivity index (χ0v) is 18.0. The first-order chi connectivity index (χ1) is 13.3. The summed E-state index contributed by atoms with van der Waals surface area (Å²) in [5.74, 6) is -1.89. The van der Waals surface area contributed by atoms with Gasteiger partial charge < -0.3 is 19.7 Å². The molecule has 29 heavy (non-hydrogen) atoms. The minimum absolute atomic E-state index is 0.0186. The Morgan fingerprint density at radius 1 is 1.03 bits per heavy atom. The van der Waals surface area contributed by atoms with Crippen molar-refractivity contribution >= 4 is 29.5 Å². The molecule has 0 bridgehead atoms. The van der Waals surface area contributed by atoms with E-state index in [2.05, 4.69) is 5.32 Å². The molecular formula is C20H32N2O7. The molecule has 0 atom stereocenters. The van der Waals surface area contributed by atoms with Gasteiger partial charge in [0.2, 0.25) is 5.91 Å². The molecule has 9 nitrogen and oxygen atoms in total. The van der Waals surface area contributed by atoms with Gasteiger partial charge in [-0.25, -0.2) is 4.79 Å². The van der Waals surface area contributed by atoms with E-state index < -0.39 is 28.7 Å². The molecule has 1 rings (SSSR count). The number of imide groups is 1. The lowest BCUT2D eigenvalue weighted by Gasteiger charge is -2.28. The second-order valence-electron chi connectivity index (χ2n) is 8.82. The average molecular weight is 412 g/mol. The number of nitrogens with zero attached hydrogens (tertiary/aromatic N) is 1. The van der Waals surface area contributed by atoms with Crippen molar-refractivity contribution in [1.29, 1.82) is 0 Å². The van der Waals surface area contributed by atoms with E-state index in [1.165, 1.54) is 6.92 Å². The molecule has 0 radical (unpaired) electrons. The van der Waals surface area contributed by atoms with Gasteiger partial charge in [-0.05, 0) is 32.6 Å².